The third-order valence-corrected chi connectivity index (χ3v) is 4.61. The van der Waals surface area contributed by atoms with Crippen molar-refractivity contribution in [3.8, 4) is 5.75 Å². The van der Waals surface area contributed by atoms with E-state index in [1.807, 2.05) is 24.3 Å². The first kappa shape index (κ1) is 18.2. The van der Waals surface area contributed by atoms with Gasteiger partial charge in [0.25, 0.3) is 10.1 Å². The molecule has 0 N–H and O–H groups in total. The number of hydrogen-bond acceptors (Lipinski definition) is 6. The highest BCUT2D eigenvalue weighted by Gasteiger charge is 2.35. The summed E-state index contributed by atoms with van der Waals surface area (Å²) in [6.45, 7) is 0.202. The van der Waals surface area contributed by atoms with Crippen LogP contribution in [0.3, 0.4) is 0 Å². The van der Waals surface area contributed by atoms with Crippen molar-refractivity contribution in [2.45, 2.75) is 37.4 Å². The Morgan fingerprint density at radius 3 is 2.57 bits per heavy atom. The molecule has 1 aromatic carbocycles. The van der Waals surface area contributed by atoms with Crippen molar-refractivity contribution in [1.29, 1.82) is 0 Å². The lowest BCUT2D eigenvalue weighted by atomic mass is 9.80. The van der Waals surface area contributed by atoms with Gasteiger partial charge in [0.2, 0.25) is 0 Å². The quantitative estimate of drug-likeness (QED) is 0.558. The minimum absolute atomic E-state index is 0.0122. The van der Waals surface area contributed by atoms with Gasteiger partial charge < -0.3 is 14.2 Å². The maximum Gasteiger partial charge on any atom is 0.264 e. The van der Waals surface area contributed by atoms with Crippen molar-refractivity contribution in [2.24, 2.45) is 0 Å². The lowest BCUT2D eigenvalue weighted by molar-refractivity contribution is -0.0979. The molecule has 130 valence electrons. The van der Waals surface area contributed by atoms with Crippen LogP contribution >= 0.6 is 0 Å². The lowest BCUT2D eigenvalue weighted by Crippen LogP contribution is -2.35. The van der Waals surface area contributed by atoms with Gasteiger partial charge in [-0.3, -0.25) is 4.18 Å². The Hall–Kier alpha value is -1.15. The summed E-state index contributed by atoms with van der Waals surface area (Å²) >= 11 is 0. The van der Waals surface area contributed by atoms with Crippen molar-refractivity contribution in [1.82, 2.24) is 0 Å². The van der Waals surface area contributed by atoms with E-state index >= 15 is 0 Å². The number of methoxy groups -OCH3 is 2. The summed E-state index contributed by atoms with van der Waals surface area (Å²) in [7, 11) is -0.274. The maximum atomic E-state index is 11.4. The number of ether oxygens (including phenoxy) is 3. The Kier molecular flexibility index (Phi) is 6.41. The average molecular weight is 344 g/mol. The van der Waals surface area contributed by atoms with Gasteiger partial charge in [-0.2, -0.15) is 8.42 Å². The van der Waals surface area contributed by atoms with Crippen molar-refractivity contribution in [3.63, 3.8) is 0 Å². The van der Waals surface area contributed by atoms with Crippen LogP contribution in [0, 0.1) is 0 Å². The van der Waals surface area contributed by atoms with Crippen LogP contribution in [-0.2, 0) is 23.8 Å². The van der Waals surface area contributed by atoms with E-state index in [0.717, 1.165) is 17.6 Å². The second-order valence-electron chi connectivity index (χ2n) is 5.70. The highest BCUT2D eigenvalue weighted by atomic mass is 32.2. The fourth-order valence-electron chi connectivity index (χ4n) is 3.09. The molecule has 6 nitrogen and oxygen atoms in total. The molecule has 7 heteroatoms. The van der Waals surface area contributed by atoms with Gasteiger partial charge in [0.1, 0.15) is 12.5 Å². The maximum absolute atomic E-state index is 11.4. The third kappa shape index (κ3) is 5.17. The van der Waals surface area contributed by atoms with Crippen LogP contribution in [0.2, 0.25) is 0 Å². The van der Waals surface area contributed by atoms with E-state index in [2.05, 4.69) is 0 Å². The summed E-state index contributed by atoms with van der Waals surface area (Å²) in [5.41, 5.74) is 0.998. The second-order valence-corrected chi connectivity index (χ2v) is 7.30. The first-order valence-corrected chi connectivity index (χ1v) is 9.38. The summed E-state index contributed by atoms with van der Waals surface area (Å²) < 4.78 is 44.3. The first-order chi connectivity index (χ1) is 10.9. The minimum atomic E-state index is -3.48. The molecule has 1 saturated carbocycles. The molecule has 1 aliphatic carbocycles. The molecule has 0 unspecified atom stereocenters. The van der Waals surface area contributed by atoms with Gasteiger partial charge in [0, 0.05) is 13.0 Å². The Labute approximate surface area is 137 Å². The Balaban J connectivity index is 2.23. The molecule has 0 saturated heterocycles. The standard InChI is InChI=1S/C16H24O6S/c1-19-11-21-16-9-8-12(22-23(3,17)18)10-14(16)13-6-4-5-7-15(13)20-2/h4-7,12,14,16H,8-11H2,1-3H3/t12-,14-,16+/m0/s1. The number of benzene rings is 1. The zero-order chi connectivity index (χ0) is 16.9. The molecule has 0 radical (unpaired) electrons. The molecular weight excluding hydrogens is 320 g/mol. The highest BCUT2D eigenvalue weighted by Crippen LogP contribution is 2.40. The molecule has 2 rings (SSSR count). The zero-order valence-corrected chi connectivity index (χ0v) is 14.5. The van der Waals surface area contributed by atoms with Crippen LogP contribution in [0.1, 0.15) is 30.7 Å². The van der Waals surface area contributed by atoms with Gasteiger partial charge in [0.05, 0.1) is 25.6 Å². The summed E-state index contributed by atoms with van der Waals surface area (Å²) in [6.07, 6.45) is 2.56. The topological polar surface area (TPSA) is 71.1 Å². The molecule has 23 heavy (non-hydrogen) atoms. The summed E-state index contributed by atoms with van der Waals surface area (Å²) in [6, 6.07) is 7.71. The third-order valence-electron chi connectivity index (χ3n) is 3.99. The minimum Gasteiger partial charge on any atom is -0.496 e. The largest absolute Gasteiger partial charge is 0.496 e. The zero-order valence-electron chi connectivity index (χ0n) is 13.7. The van der Waals surface area contributed by atoms with Gasteiger partial charge in [-0.15, -0.1) is 0 Å². The van der Waals surface area contributed by atoms with E-state index < -0.39 is 10.1 Å². The number of rotatable bonds is 7. The van der Waals surface area contributed by atoms with Crippen LogP contribution in [0.4, 0.5) is 0 Å². The lowest BCUT2D eigenvalue weighted by Gasteiger charge is -2.36. The summed E-state index contributed by atoms with van der Waals surface area (Å²) in [5.74, 6) is 0.755. The van der Waals surface area contributed by atoms with Gasteiger partial charge in [-0.05, 0) is 30.9 Å². The van der Waals surface area contributed by atoms with E-state index in [-0.39, 0.29) is 24.9 Å². The summed E-state index contributed by atoms with van der Waals surface area (Å²) in [5, 5.41) is 0. The van der Waals surface area contributed by atoms with Crippen molar-refractivity contribution < 1.29 is 26.8 Å². The van der Waals surface area contributed by atoms with Crippen molar-refractivity contribution >= 4 is 10.1 Å². The molecular formula is C16H24O6S. The fourth-order valence-corrected chi connectivity index (χ4v) is 3.76. The van der Waals surface area contributed by atoms with Crippen molar-refractivity contribution in [2.75, 3.05) is 27.3 Å². The summed E-state index contributed by atoms with van der Waals surface area (Å²) in [4.78, 5) is 0. The molecule has 0 bridgehead atoms. The van der Waals surface area contributed by atoms with Gasteiger partial charge >= 0.3 is 0 Å². The predicted molar refractivity (Wildman–Crippen MR) is 86.1 cm³/mol. The molecule has 1 fully saturated rings. The van der Waals surface area contributed by atoms with Crippen molar-refractivity contribution in [3.05, 3.63) is 29.8 Å². The molecule has 1 aromatic rings. The van der Waals surface area contributed by atoms with E-state index in [9.17, 15) is 8.42 Å². The van der Waals surface area contributed by atoms with E-state index in [4.69, 9.17) is 18.4 Å². The van der Waals surface area contributed by atoms with Gasteiger partial charge in [-0.1, -0.05) is 18.2 Å². The smallest absolute Gasteiger partial charge is 0.264 e. The number of para-hydroxylation sites is 1. The molecule has 1 aliphatic rings. The average Bonchev–Trinajstić information content (AvgIpc) is 2.52. The van der Waals surface area contributed by atoms with E-state index in [0.29, 0.717) is 19.3 Å². The highest BCUT2D eigenvalue weighted by molar-refractivity contribution is 7.86. The second kappa shape index (κ2) is 8.10. The number of hydrogen-bond donors (Lipinski definition) is 0. The normalized spacial score (nSPS) is 25.3. The Bertz CT molecular complexity index is 600. The molecule has 0 heterocycles. The molecule has 0 aliphatic heterocycles. The fraction of sp³-hybridized carbons (Fsp3) is 0.625. The van der Waals surface area contributed by atoms with E-state index in [1.54, 1.807) is 14.2 Å². The van der Waals surface area contributed by atoms with Crippen LogP contribution < -0.4 is 4.74 Å². The Morgan fingerprint density at radius 2 is 1.91 bits per heavy atom. The van der Waals surface area contributed by atoms with Crippen LogP contribution in [-0.4, -0.2) is 47.9 Å². The van der Waals surface area contributed by atoms with Gasteiger partial charge in [-0.25, -0.2) is 0 Å². The predicted octanol–water partition coefficient (Wildman–Crippen LogP) is 2.30. The van der Waals surface area contributed by atoms with E-state index in [1.165, 1.54) is 0 Å². The SMILES string of the molecule is COCO[C@@H]1CC[C@H](OS(C)(=O)=O)C[C@H]1c1ccccc1OC. The molecule has 0 amide bonds. The first-order valence-electron chi connectivity index (χ1n) is 7.56. The molecule has 0 spiro atoms. The van der Waals surface area contributed by atoms with Crippen LogP contribution in [0.15, 0.2) is 24.3 Å². The Morgan fingerprint density at radius 1 is 1.17 bits per heavy atom. The molecule has 0 aromatic heterocycles. The molecule has 3 atom stereocenters. The van der Waals surface area contributed by atoms with Gasteiger partial charge in [0.15, 0.2) is 0 Å². The van der Waals surface area contributed by atoms with Crippen LogP contribution in [0.5, 0.6) is 5.75 Å². The van der Waals surface area contributed by atoms with Crippen LogP contribution in [0.25, 0.3) is 0 Å². The monoisotopic (exact) mass is 344 g/mol.